The third-order valence-corrected chi connectivity index (χ3v) is 10.6. The number of thioether (sulfide) groups is 1. The number of amides is 3. The number of likely N-dealkylation sites (N-methyl/N-ethyl adjacent to an activating group) is 1. The maximum absolute atomic E-state index is 14.8. The number of likely N-dealkylation sites (tertiary alicyclic amines) is 1. The van der Waals surface area contributed by atoms with Crippen LogP contribution in [-0.2, 0) is 14.4 Å². The lowest BCUT2D eigenvalue weighted by molar-refractivity contribution is -0.145. The molecule has 4 rings (SSSR count). The molecule has 6 atom stereocenters. The largest absolute Gasteiger partial charge is 0.394 e. The van der Waals surface area contributed by atoms with E-state index in [4.69, 9.17) is 0 Å². The van der Waals surface area contributed by atoms with E-state index in [-0.39, 0.29) is 35.5 Å². The van der Waals surface area contributed by atoms with Crippen molar-refractivity contribution in [2.75, 3.05) is 31.6 Å². The Balaban J connectivity index is 1.86. The van der Waals surface area contributed by atoms with Crippen molar-refractivity contribution >= 4 is 35.2 Å². The maximum Gasteiger partial charge on any atom is 0.251 e. The highest BCUT2D eigenvalue weighted by Gasteiger charge is 2.74. The van der Waals surface area contributed by atoms with Gasteiger partial charge in [0.2, 0.25) is 11.8 Å². The van der Waals surface area contributed by atoms with E-state index in [0.29, 0.717) is 25.9 Å². The molecule has 212 valence electrons. The van der Waals surface area contributed by atoms with Crippen molar-refractivity contribution in [1.29, 1.82) is 0 Å². The summed E-state index contributed by atoms with van der Waals surface area (Å²) in [7, 11) is 1.75. The summed E-state index contributed by atoms with van der Waals surface area (Å²) in [6.07, 6.45) is 5.44. The number of anilines is 1. The van der Waals surface area contributed by atoms with Crippen molar-refractivity contribution in [1.82, 2.24) is 9.80 Å². The monoisotopic (exact) mass is 553 g/mol. The molecule has 3 saturated heterocycles. The first-order valence-corrected chi connectivity index (χ1v) is 14.9. The molecule has 3 amide bonds. The van der Waals surface area contributed by atoms with Gasteiger partial charge in [-0.1, -0.05) is 44.2 Å². The van der Waals surface area contributed by atoms with Crippen LogP contribution in [0.5, 0.6) is 0 Å². The highest BCUT2D eigenvalue weighted by molar-refractivity contribution is 8.02. The molecule has 0 aliphatic carbocycles. The summed E-state index contributed by atoms with van der Waals surface area (Å²) in [4.78, 5) is 48.0. The smallest absolute Gasteiger partial charge is 0.251 e. The normalized spacial score (nSPS) is 28.0. The fourth-order valence-electron chi connectivity index (χ4n) is 7.20. The van der Waals surface area contributed by atoms with Crippen LogP contribution in [0.15, 0.2) is 43.5 Å². The van der Waals surface area contributed by atoms with E-state index in [1.165, 1.54) is 0 Å². The lowest BCUT2D eigenvalue weighted by atomic mass is 9.70. The number of nitrogens with zero attached hydrogens (tertiary/aromatic N) is 3. The van der Waals surface area contributed by atoms with E-state index in [1.807, 2.05) is 32.0 Å². The molecule has 7 nitrogen and oxygen atoms in total. The van der Waals surface area contributed by atoms with Crippen LogP contribution in [0.3, 0.4) is 0 Å². The quantitative estimate of drug-likeness (QED) is 0.420. The molecule has 2 bridgehead atoms. The second-order valence-electron chi connectivity index (χ2n) is 11.8. The molecule has 3 aliphatic heterocycles. The van der Waals surface area contributed by atoms with E-state index in [2.05, 4.69) is 27.0 Å². The Labute approximate surface area is 237 Å². The Hall–Kier alpha value is -2.58. The van der Waals surface area contributed by atoms with Gasteiger partial charge in [0, 0.05) is 31.1 Å². The van der Waals surface area contributed by atoms with Crippen LogP contribution < -0.4 is 4.90 Å². The Morgan fingerprint density at radius 3 is 2.38 bits per heavy atom. The predicted octanol–water partition coefficient (Wildman–Crippen LogP) is 3.97. The fourth-order valence-corrected chi connectivity index (χ4v) is 9.40. The van der Waals surface area contributed by atoms with E-state index in [9.17, 15) is 19.5 Å². The van der Waals surface area contributed by atoms with Crippen LogP contribution in [-0.4, -0.2) is 81.5 Å². The van der Waals surface area contributed by atoms with E-state index >= 15 is 0 Å². The molecule has 1 N–H and O–H groups in total. The molecule has 3 aliphatic rings. The minimum absolute atomic E-state index is 0.0121. The summed E-state index contributed by atoms with van der Waals surface area (Å²) >= 11 is 1.66. The van der Waals surface area contributed by atoms with Gasteiger partial charge in [-0.3, -0.25) is 14.4 Å². The molecule has 8 heteroatoms. The van der Waals surface area contributed by atoms with Crippen molar-refractivity contribution in [2.24, 2.45) is 17.8 Å². The number of aliphatic hydroxyl groups is 1. The maximum atomic E-state index is 14.8. The van der Waals surface area contributed by atoms with Gasteiger partial charge < -0.3 is 19.8 Å². The lowest BCUT2D eigenvalue weighted by Gasteiger charge is -2.40. The zero-order valence-corrected chi connectivity index (χ0v) is 24.7. The zero-order valence-electron chi connectivity index (χ0n) is 23.9. The van der Waals surface area contributed by atoms with E-state index in [0.717, 1.165) is 23.2 Å². The van der Waals surface area contributed by atoms with Gasteiger partial charge in [0.05, 0.1) is 29.2 Å². The number of hydrogen-bond acceptors (Lipinski definition) is 5. The number of para-hydroxylation sites is 1. The molecule has 2 unspecified atom stereocenters. The van der Waals surface area contributed by atoms with Crippen molar-refractivity contribution in [2.45, 2.75) is 69.0 Å². The predicted molar refractivity (Wildman–Crippen MR) is 158 cm³/mol. The molecule has 1 aromatic rings. The minimum Gasteiger partial charge on any atom is -0.394 e. The lowest BCUT2D eigenvalue weighted by Crippen LogP contribution is -2.58. The number of carbonyl (C=O) groups excluding carboxylic acids is 3. The second-order valence-corrected chi connectivity index (χ2v) is 13.4. The average molecular weight is 554 g/mol. The van der Waals surface area contributed by atoms with E-state index < -0.39 is 28.7 Å². The van der Waals surface area contributed by atoms with Gasteiger partial charge in [0.25, 0.3) is 5.91 Å². The summed E-state index contributed by atoms with van der Waals surface area (Å²) < 4.78 is -0.714. The Bertz CT molecular complexity index is 1130. The number of aliphatic hydroxyl groups excluding tert-OH is 1. The fraction of sp³-hybridized carbons (Fsp3) is 0.581. The van der Waals surface area contributed by atoms with Crippen molar-refractivity contribution in [3.63, 3.8) is 0 Å². The topological polar surface area (TPSA) is 81.2 Å². The number of benzene rings is 1. The van der Waals surface area contributed by atoms with Crippen LogP contribution in [0, 0.1) is 31.6 Å². The third kappa shape index (κ3) is 4.84. The molecular formula is C31H43N3O4S. The molecule has 3 fully saturated rings. The number of carbonyl (C=O) groups is 3. The Morgan fingerprint density at radius 1 is 1.18 bits per heavy atom. The van der Waals surface area contributed by atoms with Crippen LogP contribution >= 0.6 is 11.8 Å². The van der Waals surface area contributed by atoms with Gasteiger partial charge in [0.15, 0.2) is 0 Å². The first kappa shape index (κ1) is 29.4. The minimum atomic E-state index is -0.776. The highest BCUT2D eigenvalue weighted by atomic mass is 32.2. The molecule has 1 spiro atoms. The summed E-state index contributed by atoms with van der Waals surface area (Å²) in [5, 5.41) is 10.5. The van der Waals surface area contributed by atoms with Crippen LogP contribution in [0.4, 0.5) is 5.69 Å². The number of hydrogen-bond donors (Lipinski definition) is 1. The van der Waals surface area contributed by atoms with Crippen molar-refractivity contribution < 1.29 is 19.5 Å². The number of fused-ring (bicyclic) bond motifs is 1. The highest BCUT2D eigenvalue weighted by Crippen LogP contribution is 2.67. The average Bonchev–Trinajstić information content (AvgIpc) is 3.53. The van der Waals surface area contributed by atoms with Gasteiger partial charge in [-0.25, -0.2) is 0 Å². The van der Waals surface area contributed by atoms with E-state index in [1.54, 1.807) is 45.7 Å². The molecule has 1 aromatic carbocycles. The third-order valence-electron chi connectivity index (χ3n) is 8.67. The van der Waals surface area contributed by atoms with Gasteiger partial charge in [-0.05, 0) is 50.2 Å². The first-order chi connectivity index (χ1) is 18.5. The molecule has 0 aromatic heterocycles. The first-order valence-electron chi connectivity index (χ1n) is 14.0. The van der Waals surface area contributed by atoms with Crippen molar-refractivity contribution in [3.8, 4) is 0 Å². The van der Waals surface area contributed by atoms with Gasteiger partial charge in [-0.2, -0.15) is 0 Å². The van der Waals surface area contributed by atoms with Gasteiger partial charge >= 0.3 is 0 Å². The SMILES string of the molecule is C=CCN(C)C(=O)[C@@H]1[C@H]2C(=O)N([C@@H](CO)CC(C)C)C(C(=O)N(CC=C)c3c(C)cccc3C)C23CC[C@H]1S3. The summed E-state index contributed by atoms with van der Waals surface area (Å²) in [6.45, 7) is 16.2. The summed E-state index contributed by atoms with van der Waals surface area (Å²) in [5.41, 5.74) is 2.77. The Kier molecular flexibility index (Phi) is 8.67. The number of aryl methyl sites for hydroxylation is 2. The molecular weight excluding hydrogens is 510 g/mol. The van der Waals surface area contributed by atoms with Crippen molar-refractivity contribution in [3.05, 3.63) is 54.6 Å². The summed E-state index contributed by atoms with van der Waals surface area (Å²) in [5.74, 6) is -1.28. The van der Waals surface area contributed by atoms with Gasteiger partial charge in [-0.15, -0.1) is 24.9 Å². The molecule has 0 saturated carbocycles. The molecule has 39 heavy (non-hydrogen) atoms. The number of rotatable bonds is 11. The molecule has 3 heterocycles. The van der Waals surface area contributed by atoms with Crippen LogP contribution in [0.25, 0.3) is 0 Å². The summed E-state index contributed by atoms with van der Waals surface area (Å²) in [6, 6.07) is 4.66. The Morgan fingerprint density at radius 2 is 1.82 bits per heavy atom. The van der Waals surface area contributed by atoms with Crippen LogP contribution in [0.1, 0.15) is 44.2 Å². The standard InChI is InChI=1S/C31H43N3O4S/c1-8-15-32(7)28(36)24-23-13-14-31(39-23)25(24)29(37)34(22(18-35)17-19(3)4)27(31)30(38)33(16-9-2)26-20(5)11-10-12-21(26)6/h8-12,19,22-25,27,35H,1-2,13-18H2,3-7H3/t22-,23-,24+,25+,27?,31?/m1/s1. The molecule has 0 radical (unpaired) electrons. The van der Waals surface area contributed by atoms with Crippen LogP contribution in [0.2, 0.25) is 0 Å². The van der Waals surface area contributed by atoms with Gasteiger partial charge in [0.1, 0.15) is 6.04 Å². The second kappa shape index (κ2) is 11.5. The zero-order chi connectivity index (χ0) is 28.6.